The Bertz CT molecular complexity index is 1220. The van der Waals surface area contributed by atoms with Crippen LogP contribution in [0.15, 0.2) is 52.4 Å². The number of sulfonamides is 1. The second-order valence-corrected chi connectivity index (χ2v) is 8.78. The van der Waals surface area contributed by atoms with Gasteiger partial charge in [0.05, 0.1) is 22.2 Å². The number of nitrogens with one attached hydrogen (secondary N) is 2. The lowest BCUT2D eigenvalue weighted by molar-refractivity contribution is -0.117. The van der Waals surface area contributed by atoms with E-state index in [1.807, 2.05) is 12.1 Å². The highest BCUT2D eigenvalue weighted by Gasteiger charge is 2.31. The van der Waals surface area contributed by atoms with Gasteiger partial charge in [0.15, 0.2) is 5.13 Å². The summed E-state index contributed by atoms with van der Waals surface area (Å²) in [5.74, 6) is 0.482. The molecule has 2 heterocycles. The maximum Gasteiger partial charge on any atom is 0.263 e. The number of anilines is 1. The molecule has 144 valence electrons. The quantitative estimate of drug-likeness (QED) is 0.679. The summed E-state index contributed by atoms with van der Waals surface area (Å²) in [6, 6.07) is 11.1. The molecule has 8 nitrogen and oxygen atoms in total. The summed E-state index contributed by atoms with van der Waals surface area (Å²) in [5.41, 5.74) is 1.20. The molecule has 1 atom stereocenters. The van der Waals surface area contributed by atoms with Crippen molar-refractivity contribution in [2.75, 3.05) is 12.4 Å². The van der Waals surface area contributed by atoms with Crippen LogP contribution in [0.4, 0.5) is 5.13 Å². The van der Waals surface area contributed by atoms with E-state index in [0.29, 0.717) is 16.4 Å². The van der Waals surface area contributed by atoms with Gasteiger partial charge in [-0.3, -0.25) is 14.5 Å². The molecule has 0 saturated carbocycles. The molecule has 4 rings (SSSR count). The molecule has 1 aliphatic heterocycles. The number of amides is 1. The summed E-state index contributed by atoms with van der Waals surface area (Å²) >= 11 is 1.32. The minimum absolute atomic E-state index is 0.154. The molecule has 0 radical (unpaired) electrons. The number of thiazole rings is 1. The van der Waals surface area contributed by atoms with Crippen LogP contribution in [-0.4, -0.2) is 38.3 Å². The van der Waals surface area contributed by atoms with E-state index in [0.717, 1.165) is 10.2 Å². The van der Waals surface area contributed by atoms with Gasteiger partial charge in [-0.25, -0.2) is 13.4 Å². The Balaban J connectivity index is 1.55. The van der Waals surface area contributed by atoms with Crippen molar-refractivity contribution < 1.29 is 17.9 Å². The molecule has 1 amide bonds. The summed E-state index contributed by atoms with van der Waals surface area (Å²) in [7, 11) is -2.06. The number of aliphatic imine (C=N–C) groups is 1. The van der Waals surface area contributed by atoms with Crippen LogP contribution < -0.4 is 14.8 Å². The van der Waals surface area contributed by atoms with Crippen molar-refractivity contribution in [3.8, 4) is 5.75 Å². The van der Waals surface area contributed by atoms with Gasteiger partial charge in [-0.2, -0.15) is 0 Å². The van der Waals surface area contributed by atoms with E-state index in [1.54, 1.807) is 38.3 Å². The molecule has 0 bridgehead atoms. The van der Waals surface area contributed by atoms with Crippen molar-refractivity contribution in [3.63, 3.8) is 0 Å². The maximum absolute atomic E-state index is 12.5. The third-order valence-corrected chi connectivity index (χ3v) is 6.52. The number of carbonyl (C=O) groups is 1. The lowest BCUT2D eigenvalue weighted by atomic mass is 10.2. The Morgan fingerprint density at radius 3 is 2.86 bits per heavy atom. The minimum Gasteiger partial charge on any atom is -0.497 e. The molecule has 1 unspecified atom stereocenters. The van der Waals surface area contributed by atoms with Crippen LogP contribution in [0.3, 0.4) is 0 Å². The first-order chi connectivity index (χ1) is 13.4. The van der Waals surface area contributed by atoms with Crippen LogP contribution in [0.5, 0.6) is 5.75 Å². The van der Waals surface area contributed by atoms with Gasteiger partial charge in [-0.05, 0) is 37.3 Å². The van der Waals surface area contributed by atoms with Crippen molar-refractivity contribution in [2.45, 2.75) is 17.9 Å². The van der Waals surface area contributed by atoms with Gasteiger partial charge in [0.2, 0.25) is 0 Å². The summed E-state index contributed by atoms with van der Waals surface area (Å²) in [5, 5.41) is 3.17. The predicted octanol–water partition coefficient (Wildman–Crippen LogP) is 2.37. The number of amidine groups is 1. The van der Waals surface area contributed by atoms with Gasteiger partial charge in [0.25, 0.3) is 15.9 Å². The fourth-order valence-electron chi connectivity index (χ4n) is 2.78. The summed E-state index contributed by atoms with van der Waals surface area (Å²) < 4.78 is 32.8. The normalized spacial score (nSPS) is 17.1. The van der Waals surface area contributed by atoms with Gasteiger partial charge in [-0.15, -0.1) is 0 Å². The molecule has 0 fully saturated rings. The molecular formula is C18H16N4O4S2. The van der Waals surface area contributed by atoms with Crippen LogP contribution in [0.1, 0.15) is 12.5 Å². The highest BCUT2D eigenvalue weighted by molar-refractivity contribution is 7.90. The number of aromatic nitrogens is 1. The molecule has 2 N–H and O–H groups in total. The Morgan fingerprint density at radius 2 is 2.07 bits per heavy atom. The topological polar surface area (TPSA) is 110 Å². The number of hydrogen-bond donors (Lipinski definition) is 2. The molecule has 0 spiro atoms. The number of nitrogens with zero attached hydrogens (tertiary/aromatic N) is 2. The molecule has 1 aliphatic rings. The number of benzene rings is 2. The first-order valence-corrected chi connectivity index (χ1v) is 10.6. The highest BCUT2D eigenvalue weighted by Crippen LogP contribution is 2.29. The zero-order valence-corrected chi connectivity index (χ0v) is 16.6. The third kappa shape index (κ3) is 3.32. The highest BCUT2D eigenvalue weighted by atomic mass is 32.2. The summed E-state index contributed by atoms with van der Waals surface area (Å²) in [6.07, 6.45) is 0. The number of carbonyl (C=O) groups excluding carboxylic acids is 1. The SMILES string of the molecule is COc1ccc2nc(NC(=O)C(C)N=C3NS(=O)(=O)c4ccccc43)sc2c1. The number of rotatable bonds is 4. The van der Waals surface area contributed by atoms with Gasteiger partial charge in [-0.1, -0.05) is 23.5 Å². The maximum atomic E-state index is 12.5. The number of ether oxygens (including phenoxy) is 1. The van der Waals surface area contributed by atoms with E-state index in [1.165, 1.54) is 17.4 Å². The average Bonchev–Trinajstić information content (AvgIpc) is 3.19. The van der Waals surface area contributed by atoms with E-state index in [4.69, 9.17) is 4.74 Å². The lowest BCUT2D eigenvalue weighted by Gasteiger charge is -2.07. The number of fused-ring (bicyclic) bond motifs is 2. The Morgan fingerprint density at radius 1 is 1.29 bits per heavy atom. The van der Waals surface area contributed by atoms with Crippen molar-refractivity contribution in [1.82, 2.24) is 9.71 Å². The molecule has 1 aromatic heterocycles. The third-order valence-electron chi connectivity index (χ3n) is 4.19. The van der Waals surface area contributed by atoms with Gasteiger partial charge >= 0.3 is 0 Å². The van der Waals surface area contributed by atoms with Gasteiger partial charge in [0, 0.05) is 5.56 Å². The second-order valence-electron chi connectivity index (χ2n) is 6.10. The molecule has 3 aromatic rings. The second kappa shape index (κ2) is 6.88. The fraction of sp³-hybridized carbons (Fsp3) is 0.167. The van der Waals surface area contributed by atoms with E-state index >= 15 is 0 Å². The van der Waals surface area contributed by atoms with Crippen molar-refractivity contribution in [3.05, 3.63) is 48.0 Å². The Kier molecular flexibility index (Phi) is 4.52. The Labute approximate surface area is 165 Å². The number of methoxy groups -OCH3 is 1. The van der Waals surface area contributed by atoms with Crippen molar-refractivity contribution in [2.24, 2.45) is 4.99 Å². The lowest BCUT2D eigenvalue weighted by Crippen LogP contribution is -2.28. The molecule has 10 heteroatoms. The molecule has 28 heavy (non-hydrogen) atoms. The fourth-order valence-corrected chi connectivity index (χ4v) is 4.91. The van der Waals surface area contributed by atoms with E-state index in [-0.39, 0.29) is 16.6 Å². The standard InChI is InChI=1S/C18H16N4O4S2/c1-10(19-16-12-5-3-4-6-15(12)28(24,25)22-16)17(23)21-18-20-13-8-7-11(26-2)9-14(13)27-18/h3-10H,1-2H3,(H,19,22)(H,20,21,23). The summed E-state index contributed by atoms with van der Waals surface area (Å²) in [4.78, 5) is 21.3. The van der Waals surface area contributed by atoms with Crippen LogP contribution in [-0.2, 0) is 14.8 Å². The minimum atomic E-state index is -3.64. The Hall–Kier alpha value is -2.98. The first-order valence-electron chi connectivity index (χ1n) is 8.33. The molecule has 0 aliphatic carbocycles. The van der Waals surface area contributed by atoms with Gasteiger partial charge < -0.3 is 10.1 Å². The van der Waals surface area contributed by atoms with E-state index in [2.05, 4.69) is 20.0 Å². The largest absolute Gasteiger partial charge is 0.497 e. The first kappa shape index (κ1) is 18.4. The molecular weight excluding hydrogens is 400 g/mol. The predicted molar refractivity (Wildman–Crippen MR) is 108 cm³/mol. The number of hydrogen-bond acceptors (Lipinski definition) is 7. The van der Waals surface area contributed by atoms with E-state index in [9.17, 15) is 13.2 Å². The molecule has 2 aromatic carbocycles. The summed E-state index contributed by atoms with van der Waals surface area (Å²) in [6.45, 7) is 1.59. The van der Waals surface area contributed by atoms with Gasteiger partial charge in [0.1, 0.15) is 17.6 Å². The van der Waals surface area contributed by atoms with Crippen LogP contribution in [0.25, 0.3) is 10.2 Å². The monoisotopic (exact) mass is 416 g/mol. The van der Waals surface area contributed by atoms with E-state index < -0.39 is 16.1 Å². The average molecular weight is 416 g/mol. The zero-order chi connectivity index (χ0) is 19.9. The smallest absolute Gasteiger partial charge is 0.263 e. The van der Waals surface area contributed by atoms with Crippen LogP contribution in [0, 0.1) is 0 Å². The van der Waals surface area contributed by atoms with Crippen molar-refractivity contribution >= 4 is 48.5 Å². The van der Waals surface area contributed by atoms with Crippen LogP contribution in [0.2, 0.25) is 0 Å². The zero-order valence-electron chi connectivity index (χ0n) is 15.0. The van der Waals surface area contributed by atoms with Crippen LogP contribution >= 0.6 is 11.3 Å². The molecule has 0 saturated heterocycles. The van der Waals surface area contributed by atoms with Crippen molar-refractivity contribution in [1.29, 1.82) is 0 Å².